The van der Waals surface area contributed by atoms with Gasteiger partial charge in [-0.1, -0.05) is 15.9 Å². The van der Waals surface area contributed by atoms with Crippen LogP contribution in [0.1, 0.15) is 0 Å². The minimum atomic E-state index is -0.0876. The third-order valence-corrected chi connectivity index (χ3v) is 1.52. The zero-order valence-corrected chi connectivity index (χ0v) is 8.46. The molecule has 0 aromatic carbocycles. The van der Waals surface area contributed by atoms with Gasteiger partial charge < -0.3 is 0 Å². The monoisotopic (exact) mass is 246 g/mol. The van der Waals surface area contributed by atoms with Gasteiger partial charge in [0.05, 0.1) is 0 Å². The number of nitrogens with zero attached hydrogens (tertiary/aromatic N) is 3. The van der Waals surface area contributed by atoms with Crippen LogP contribution in [0.3, 0.4) is 0 Å². The molecule has 0 bridgehead atoms. The second-order valence-electron chi connectivity index (χ2n) is 1.96. The first kappa shape index (κ1) is 11.9. The number of rotatable bonds is 2. The molecule has 5 heteroatoms. The van der Waals surface area contributed by atoms with Crippen LogP contribution in [0.2, 0.25) is 0 Å². The molecule has 0 fully saturated rings. The lowest BCUT2D eigenvalue weighted by molar-refractivity contribution is 1.46. The highest BCUT2D eigenvalue weighted by atomic mass is 79.9. The Morgan fingerprint density at radius 2 is 1.64 bits per heavy atom. The Labute approximate surface area is 89.3 Å². The fraction of sp³-hybridized carbons (Fsp3) is 0. The maximum absolute atomic E-state index is 8.44. The van der Waals surface area contributed by atoms with Crippen molar-refractivity contribution in [3.8, 4) is 18.2 Å². The Kier molecular flexibility index (Phi) is 5.43. The molecule has 66 valence electrons. The first-order valence-electron chi connectivity index (χ1n) is 3.26. The van der Waals surface area contributed by atoms with Gasteiger partial charge in [-0.3, -0.25) is 5.41 Å². The fourth-order valence-electron chi connectivity index (χ4n) is 0.503. The van der Waals surface area contributed by atoms with Crippen LogP contribution in [0.5, 0.6) is 0 Å². The quantitative estimate of drug-likeness (QED) is 0.458. The minimum Gasteiger partial charge on any atom is -0.258 e. The second-order valence-corrected chi connectivity index (χ2v) is 2.88. The molecule has 0 rings (SSSR count). The van der Waals surface area contributed by atoms with E-state index in [0.717, 1.165) is 0 Å². The molecule has 4 nitrogen and oxygen atoms in total. The molecule has 0 saturated carbocycles. The largest absolute Gasteiger partial charge is 0.258 e. The van der Waals surface area contributed by atoms with Gasteiger partial charge in [0.1, 0.15) is 29.4 Å². The van der Waals surface area contributed by atoms with Crippen LogP contribution >= 0.6 is 15.9 Å². The van der Waals surface area contributed by atoms with Crippen LogP contribution in [-0.2, 0) is 0 Å². The molecule has 14 heavy (non-hydrogen) atoms. The van der Waals surface area contributed by atoms with E-state index in [1.807, 2.05) is 5.87 Å². The van der Waals surface area contributed by atoms with Crippen LogP contribution in [0, 0.1) is 39.4 Å². The molecule has 1 N–H and O–H groups in total. The van der Waals surface area contributed by atoms with Crippen molar-refractivity contribution in [3.05, 3.63) is 27.8 Å². The molecule has 0 amide bonds. The maximum Gasteiger partial charge on any atom is 0.130 e. The smallest absolute Gasteiger partial charge is 0.130 e. The van der Waals surface area contributed by atoms with Crippen molar-refractivity contribution < 1.29 is 0 Å². The van der Waals surface area contributed by atoms with Crippen LogP contribution in [0.4, 0.5) is 0 Å². The van der Waals surface area contributed by atoms with E-state index in [1.165, 1.54) is 12.2 Å². The molecule has 0 saturated heterocycles. The van der Waals surface area contributed by atoms with Crippen molar-refractivity contribution in [1.82, 2.24) is 0 Å². The molecule has 0 aromatic rings. The van der Waals surface area contributed by atoms with Gasteiger partial charge in [-0.2, -0.15) is 15.8 Å². The SMILES string of the molecule is N#CC(=C=N)C=C(Br)C=C(C#N)C#N. The number of nitriles is 3. The number of hydrogen-bond donors (Lipinski definition) is 1. The molecular weight excluding hydrogens is 244 g/mol. The number of hydrogen-bond acceptors (Lipinski definition) is 4. The average molecular weight is 247 g/mol. The van der Waals surface area contributed by atoms with Gasteiger partial charge in [-0.15, -0.1) is 0 Å². The van der Waals surface area contributed by atoms with Crippen molar-refractivity contribution in [1.29, 1.82) is 21.2 Å². The van der Waals surface area contributed by atoms with Gasteiger partial charge in [0, 0.05) is 4.48 Å². The first-order valence-corrected chi connectivity index (χ1v) is 4.06. The van der Waals surface area contributed by atoms with Crippen LogP contribution in [0.15, 0.2) is 27.8 Å². The normalized spacial score (nSPS) is 8.57. The predicted molar refractivity (Wildman–Crippen MR) is 53.2 cm³/mol. The zero-order valence-electron chi connectivity index (χ0n) is 6.87. The predicted octanol–water partition coefficient (Wildman–Crippen LogP) is 1.94. The van der Waals surface area contributed by atoms with Crippen molar-refractivity contribution in [3.63, 3.8) is 0 Å². The Bertz CT molecular complexity index is 443. The third-order valence-electron chi connectivity index (χ3n) is 1.06. The Hall–Kier alpha value is -2.12. The lowest BCUT2D eigenvalue weighted by atomic mass is 10.2. The number of allylic oxidation sites excluding steroid dienone is 5. The number of nitrogens with one attached hydrogen (secondary N) is 1. The second kappa shape index (κ2) is 6.40. The van der Waals surface area contributed by atoms with E-state index in [2.05, 4.69) is 15.9 Å². The van der Waals surface area contributed by atoms with E-state index in [4.69, 9.17) is 21.2 Å². The summed E-state index contributed by atoms with van der Waals surface area (Å²) in [4.78, 5) is 0. The van der Waals surface area contributed by atoms with E-state index >= 15 is 0 Å². The van der Waals surface area contributed by atoms with Gasteiger partial charge in [-0.25, -0.2) is 0 Å². The Balaban J connectivity index is 5.05. The lowest BCUT2D eigenvalue weighted by Crippen LogP contribution is -1.76. The summed E-state index contributed by atoms with van der Waals surface area (Å²) in [5, 5.41) is 32.0. The summed E-state index contributed by atoms with van der Waals surface area (Å²) in [6.45, 7) is 0. The van der Waals surface area contributed by atoms with Crippen LogP contribution in [-0.4, -0.2) is 5.87 Å². The van der Waals surface area contributed by atoms with E-state index in [0.29, 0.717) is 4.48 Å². The summed E-state index contributed by atoms with van der Waals surface area (Å²) < 4.78 is 0.368. The molecule has 0 unspecified atom stereocenters. The van der Waals surface area contributed by atoms with E-state index in [-0.39, 0.29) is 11.1 Å². The highest BCUT2D eigenvalue weighted by Gasteiger charge is 1.95. The van der Waals surface area contributed by atoms with Gasteiger partial charge in [0.25, 0.3) is 0 Å². The van der Waals surface area contributed by atoms with Crippen LogP contribution < -0.4 is 0 Å². The zero-order chi connectivity index (χ0) is 11.0. The molecule has 0 aliphatic heterocycles. The Morgan fingerprint density at radius 3 is 2.00 bits per heavy atom. The molecule has 0 atom stereocenters. The highest BCUT2D eigenvalue weighted by molar-refractivity contribution is 9.11. The fourth-order valence-corrected chi connectivity index (χ4v) is 0.961. The average Bonchev–Trinajstić information content (AvgIpc) is 2.22. The Morgan fingerprint density at radius 1 is 1.07 bits per heavy atom. The molecule has 0 spiro atoms. The van der Waals surface area contributed by atoms with E-state index in [1.54, 1.807) is 18.2 Å². The minimum absolute atomic E-state index is 0.00311. The van der Waals surface area contributed by atoms with Crippen molar-refractivity contribution >= 4 is 21.8 Å². The molecule has 0 radical (unpaired) electrons. The van der Waals surface area contributed by atoms with E-state index in [9.17, 15) is 0 Å². The van der Waals surface area contributed by atoms with Crippen molar-refractivity contribution in [2.24, 2.45) is 0 Å². The summed E-state index contributed by atoms with van der Waals surface area (Å²) in [6.07, 6.45) is 2.55. The molecular formula is C9H3BrN4. The van der Waals surface area contributed by atoms with E-state index < -0.39 is 0 Å². The van der Waals surface area contributed by atoms with Crippen LogP contribution in [0.25, 0.3) is 0 Å². The summed E-state index contributed by atoms with van der Waals surface area (Å²) in [5.74, 6) is 1.90. The third kappa shape index (κ3) is 4.04. The molecule has 0 aliphatic carbocycles. The summed E-state index contributed by atoms with van der Waals surface area (Å²) in [7, 11) is 0. The topological polar surface area (TPSA) is 95.2 Å². The van der Waals surface area contributed by atoms with Crippen molar-refractivity contribution in [2.45, 2.75) is 0 Å². The molecule has 0 heterocycles. The van der Waals surface area contributed by atoms with Gasteiger partial charge in [0.15, 0.2) is 0 Å². The first-order chi connectivity index (χ1) is 6.67. The summed E-state index contributed by atoms with van der Waals surface area (Å²) >= 11 is 3.03. The lowest BCUT2D eigenvalue weighted by Gasteiger charge is -1.86. The van der Waals surface area contributed by atoms with Gasteiger partial charge >= 0.3 is 0 Å². The van der Waals surface area contributed by atoms with Crippen molar-refractivity contribution in [2.75, 3.05) is 0 Å². The molecule has 0 aromatic heterocycles. The molecule has 0 aliphatic rings. The maximum atomic E-state index is 8.44. The summed E-state index contributed by atoms with van der Waals surface area (Å²) in [5.41, 5.74) is -0.0845. The summed E-state index contributed by atoms with van der Waals surface area (Å²) in [6, 6.07) is 5.03. The number of halogens is 1. The van der Waals surface area contributed by atoms with Gasteiger partial charge in [-0.05, 0) is 18.0 Å². The highest BCUT2D eigenvalue weighted by Crippen LogP contribution is 2.11. The standard InChI is InChI=1S/C9H3BrN4/c10-9(1-7(3-11)4-12)2-8(5-13)6-14/h1-2,11H. The van der Waals surface area contributed by atoms with Gasteiger partial charge in [0.2, 0.25) is 0 Å².